The number of nitrogens with zero attached hydrogens (tertiary/aromatic N) is 2. The molecule has 1 aromatic heterocycles. The van der Waals surface area contributed by atoms with E-state index in [2.05, 4.69) is 39.5 Å². The first-order chi connectivity index (χ1) is 9.43. The Labute approximate surface area is 118 Å². The van der Waals surface area contributed by atoms with Crippen LogP contribution in [0.4, 0.5) is 0 Å². The maximum atomic E-state index is 4.51. The van der Waals surface area contributed by atoms with Crippen LogP contribution in [0.15, 0.2) is 33.7 Å². The summed E-state index contributed by atoms with van der Waals surface area (Å²) in [5, 5.41) is 2.27. The summed E-state index contributed by atoms with van der Waals surface area (Å²) in [5.74, 6) is 0.598. The fourth-order valence-electron chi connectivity index (χ4n) is 3.40. The molecule has 1 atom stereocenters. The molecule has 1 aromatic rings. The lowest BCUT2D eigenvalue weighted by Gasteiger charge is -2.23. The van der Waals surface area contributed by atoms with Crippen LogP contribution in [-0.2, 0) is 13.0 Å². The Morgan fingerprint density at radius 1 is 1.37 bits per heavy atom. The van der Waals surface area contributed by atoms with Crippen molar-refractivity contribution < 1.29 is 0 Å². The average molecular weight is 270 g/mol. The van der Waals surface area contributed by atoms with E-state index in [1.54, 1.807) is 4.91 Å². The SMILES string of the molecule is C1=NCCc2c1c1cn2C/C=C\SC2=CCCCC21. The van der Waals surface area contributed by atoms with Crippen LogP contribution >= 0.6 is 11.8 Å². The van der Waals surface area contributed by atoms with E-state index >= 15 is 0 Å². The second-order valence-corrected chi connectivity index (χ2v) is 6.44. The molecule has 0 N–H and O–H groups in total. The summed E-state index contributed by atoms with van der Waals surface area (Å²) in [6.45, 7) is 1.95. The molecule has 0 fully saturated rings. The molecule has 0 saturated carbocycles. The van der Waals surface area contributed by atoms with Gasteiger partial charge in [0.05, 0.1) is 0 Å². The lowest BCUT2D eigenvalue weighted by Crippen LogP contribution is -2.10. The van der Waals surface area contributed by atoms with E-state index in [1.165, 1.54) is 36.1 Å². The quantitative estimate of drug-likeness (QED) is 0.699. The third-order valence-corrected chi connectivity index (χ3v) is 5.38. The minimum atomic E-state index is 0.598. The van der Waals surface area contributed by atoms with Gasteiger partial charge in [-0.25, -0.2) is 0 Å². The summed E-state index contributed by atoms with van der Waals surface area (Å²) < 4.78 is 2.43. The molecule has 3 aliphatic rings. The van der Waals surface area contributed by atoms with Gasteiger partial charge in [0.15, 0.2) is 0 Å². The smallest absolute Gasteiger partial charge is 0.0444 e. The molecular weight excluding hydrogens is 252 g/mol. The minimum absolute atomic E-state index is 0.598. The molecule has 2 aliphatic heterocycles. The summed E-state index contributed by atoms with van der Waals surface area (Å²) in [6.07, 6.45) is 14.2. The fourth-order valence-corrected chi connectivity index (χ4v) is 4.37. The van der Waals surface area contributed by atoms with Crippen molar-refractivity contribution in [1.82, 2.24) is 4.57 Å². The van der Waals surface area contributed by atoms with Crippen molar-refractivity contribution in [3.8, 4) is 0 Å². The molecule has 98 valence electrons. The zero-order valence-corrected chi connectivity index (χ0v) is 11.8. The van der Waals surface area contributed by atoms with Gasteiger partial charge >= 0.3 is 0 Å². The zero-order chi connectivity index (χ0) is 12.7. The van der Waals surface area contributed by atoms with Crippen LogP contribution in [-0.4, -0.2) is 17.3 Å². The van der Waals surface area contributed by atoms with Crippen molar-refractivity contribution in [2.45, 2.75) is 38.1 Å². The van der Waals surface area contributed by atoms with E-state index < -0.39 is 0 Å². The molecule has 0 radical (unpaired) electrons. The van der Waals surface area contributed by atoms with Gasteiger partial charge in [-0.15, -0.1) is 11.8 Å². The second-order valence-electron chi connectivity index (χ2n) is 5.46. The molecule has 3 heterocycles. The normalized spacial score (nSPS) is 26.5. The Morgan fingerprint density at radius 2 is 2.37 bits per heavy atom. The van der Waals surface area contributed by atoms with Crippen LogP contribution in [0.2, 0.25) is 0 Å². The van der Waals surface area contributed by atoms with Gasteiger partial charge in [-0.2, -0.15) is 0 Å². The molecule has 1 aliphatic carbocycles. The Hall–Kier alpha value is -1.22. The van der Waals surface area contributed by atoms with Crippen LogP contribution < -0.4 is 0 Å². The molecule has 0 aromatic carbocycles. The second kappa shape index (κ2) is 4.71. The van der Waals surface area contributed by atoms with Crippen LogP contribution in [0.25, 0.3) is 0 Å². The number of allylic oxidation sites excluding steroid dienone is 3. The molecule has 4 rings (SSSR count). The molecular formula is C16H18N2S. The highest BCUT2D eigenvalue weighted by atomic mass is 32.2. The summed E-state index contributed by atoms with van der Waals surface area (Å²) in [4.78, 5) is 6.05. The predicted octanol–water partition coefficient (Wildman–Crippen LogP) is 3.88. The van der Waals surface area contributed by atoms with Crippen LogP contribution in [0.1, 0.15) is 42.0 Å². The lowest BCUT2D eigenvalue weighted by atomic mass is 9.87. The number of fused-ring (bicyclic) bond motifs is 7. The van der Waals surface area contributed by atoms with Gasteiger partial charge in [0.1, 0.15) is 0 Å². The maximum Gasteiger partial charge on any atom is 0.0444 e. The van der Waals surface area contributed by atoms with Gasteiger partial charge in [-0.1, -0.05) is 12.2 Å². The van der Waals surface area contributed by atoms with Crippen LogP contribution in [0, 0.1) is 0 Å². The van der Waals surface area contributed by atoms with E-state index in [4.69, 9.17) is 0 Å². The largest absolute Gasteiger partial charge is 0.347 e. The Bertz CT molecular complexity index is 592. The number of hydrogen-bond donors (Lipinski definition) is 0. The monoisotopic (exact) mass is 270 g/mol. The zero-order valence-electron chi connectivity index (χ0n) is 11.0. The highest BCUT2D eigenvalue weighted by Crippen LogP contribution is 2.43. The minimum Gasteiger partial charge on any atom is -0.347 e. The lowest BCUT2D eigenvalue weighted by molar-refractivity contribution is 0.645. The van der Waals surface area contributed by atoms with E-state index in [0.29, 0.717) is 5.92 Å². The first-order valence-electron chi connectivity index (χ1n) is 7.17. The Morgan fingerprint density at radius 3 is 3.37 bits per heavy atom. The van der Waals surface area contributed by atoms with E-state index in [-0.39, 0.29) is 0 Å². The molecule has 3 heteroatoms. The van der Waals surface area contributed by atoms with Crippen molar-refractivity contribution in [2.24, 2.45) is 4.99 Å². The maximum absolute atomic E-state index is 4.51. The molecule has 0 spiro atoms. The first-order valence-corrected chi connectivity index (χ1v) is 8.05. The molecule has 1 unspecified atom stereocenters. The van der Waals surface area contributed by atoms with Crippen molar-refractivity contribution in [2.75, 3.05) is 6.54 Å². The van der Waals surface area contributed by atoms with Crippen molar-refractivity contribution in [3.63, 3.8) is 0 Å². The number of aromatic nitrogens is 1. The van der Waals surface area contributed by atoms with E-state index in [9.17, 15) is 0 Å². The number of hydrogen-bond acceptors (Lipinski definition) is 2. The first kappa shape index (κ1) is 11.6. The third-order valence-electron chi connectivity index (χ3n) is 4.33. The molecule has 0 saturated heterocycles. The number of rotatable bonds is 0. The van der Waals surface area contributed by atoms with Crippen LogP contribution in [0.5, 0.6) is 0 Å². The third kappa shape index (κ3) is 1.91. The molecule has 0 amide bonds. The summed E-state index contributed by atoms with van der Waals surface area (Å²) >= 11 is 1.92. The Balaban J connectivity index is 1.90. The van der Waals surface area contributed by atoms with E-state index in [0.717, 1.165) is 19.5 Å². The molecule has 2 bridgehead atoms. The highest BCUT2D eigenvalue weighted by molar-refractivity contribution is 8.05. The standard InChI is InChI=1S/C16H18N2S/c1-2-5-16-12(4-1)14-11-18(8-3-9-19-16)15-6-7-17-10-13(14)15/h3,5,9-12H,1-2,4,6-8H2/b9-3-. The van der Waals surface area contributed by atoms with Crippen molar-refractivity contribution in [3.05, 3.63) is 45.5 Å². The average Bonchev–Trinajstić information content (AvgIpc) is 2.86. The van der Waals surface area contributed by atoms with Gasteiger partial charge in [-0.05, 0) is 35.1 Å². The molecule has 2 nitrogen and oxygen atoms in total. The van der Waals surface area contributed by atoms with E-state index in [1.807, 2.05) is 11.8 Å². The van der Waals surface area contributed by atoms with Gasteiger partial charge < -0.3 is 4.57 Å². The van der Waals surface area contributed by atoms with Crippen molar-refractivity contribution in [1.29, 1.82) is 0 Å². The number of aliphatic imine (C=N–C) groups is 1. The highest BCUT2D eigenvalue weighted by Gasteiger charge is 2.27. The summed E-state index contributed by atoms with van der Waals surface area (Å²) in [6, 6.07) is 0. The Kier molecular flexibility index (Phi) is 2.87. The topological polar surface area (TPSA) is 17.3 Å². The van der Waals surface area contributed by atoms with Gasteiger partial charge in [0.25, 0.3) is 0 Å². The van der Waals surface area contributed by atoms with Gasteiger partial charge in [0, 0.05) is 49.1 Å². The molecule has 19 heavy (non-hydrogen) atoms. The van der Waals surface area contributed by atoms with Gasteiger partial charge in [-0.3, -0.25) is 4.99 Å². The number of thioether (sulfide) groups is 1. The summed E-state index contributed by atoms with van der Waals surface area (Å²) in [5.41, 5.74) is 4.42. The fraction of sp³-hybridized carbons (Fsp3) is 0.438. The predicted molar refractivity (Wildman–Crippen MR) is 82.0 cm³/mol. The summed E-state index contributed by atoms with van der Waals surface area (Å²) in [7, 11) is 0. The van der Waals surface area contributed by atoms with Crippen LogP contribution in [0.3, 0.4) is 0 Å². The van der Waals surface area contributed by atoms with Gasteiger partial charge in [0.2, 0.25) is 0 Å². The van der Waals surface area contributed by atoms with Crippen molar-refractivity contribution >= 4 is 18.0 Å².